The van der Waals surface area contributed by atoms with Crippen LogP contribution in [0.25, 0.3) is 0 Å². The van der Waals surface area contributed by atoms with Crippen molar-refractivity contribution < 1.29 is 33.8 Å². The van der Waals surface area contributed by atoms with E-state index in [1.807, 2.05) is 13.8 Å². The van der Waals surface area contributed by atoms with Crippen LogP contribution in [0.15, 0.2) is 0 Å². The third-order valence-electron chi connectivity index (χ3n) is 4.98. The first-order chi connectivity index (χ1) is 15.0. The van der Waals surface area contributed by atoms with E-state index in [1.165, 1.54) is 6.92 Å². The summed E-state index contributed by atoms with van der Waals surface area (Å²) in [6, 6.07) is -3.07. The lowest BCUT2D eigenvalue weighted by atomic mass is 10.0. The number of ether oxygens (including phenoxy) is 1. The standard InChI is InChI=1S/C21H34N4O7/c1-5-32-21(31)18-9-15(28)11-25(18)20(30)16(7-6-14(27)10-22)24-19(29)17(8-12(2)3)23-13(4)26/h10,12,15-18,22,28H,5-9,11H2,1-4H3,(H,23,26)(H,24,29)/t15?,16-,17-,18?/m0/s1. The van der Waals surface area contributed by atoms with Crippen LogP contribution < -0.4 is 10.6 Å². The quantitative estimate of drug-likeness (QED) is 0.229. The van der Waals surface area contributed by atoms with Crippen molar-refractivity contribution in [3.63, 3.8) is 0 Å². The smallest absolute Gasteiger partial charge is 0.328 e. The van der Waals surface area contributed by atoms with Crippen LogP contribution in [0.5, 0.6) is 0 Å². The van der Waals surface area contributed by atoms with Crippen molar-refractivity contribution in [3.8, 4) is 0 Å². The van der Waals surface area contributed by atoms with E-state index < -0.39 is 53.7 Å². The molecule has 1 rings (SSSR count). The second-order valence-electron chi connectivity index (χ2n) is 8.24. The third kappa shape index (κ3) is 8.37. The molecule has 0 aromatic carbocycles. The molecular weight excluding hydrogens is 420 g/mol. The predicted octanol–water partition coefficient (Wildman–Crippen LogP) is -0.454. The van der Waals surface area contributed by atoms with Gasteiger partial charge in [0.05, 0.1) is 18.9 Å². The summed E-state index contributed by atoms with van der Waals surface area (Å²) in [4.78, 5) is 62.7. The fourth-order valence-corrected chi connectivity index (χ4v) is 3.56. The Balaban J connectivity index is 3.10. The summed E-state index contributed by atoms with van der Waals surface area (Å²) >= 11 is 0. The second-order valence-corrected chi connectivity index (χ2v) is 8.24. The number of likely N-dealkylation sites (tertiary alicyclic amines) is 1. The van der Waals surface area contributed by atoms with E-state index in [0.717, 1.165) is 4.90 Å². The molecule has 0 aromatic heterocycles. The summed E-state index contributed by atoms with van der Waals surface area (Å²) < 4.78 is 4.99. The third-order valence-corrected chi connectivity index (χ3v) is 4.98. The molecule has 1 aliphatic rings. The largest absolute Gasteiger partial charge is 0.464 e. The second kappa shape index (κ2) is 12.9. The maximum atomic E-state index is 13.3. The SMILES string of the molecule is CCOC(=O)C1CC(O)CN1C(=O)[C@H](CCC(=O)C=N)NC(=O)[C@H](CC(C)C)NC(C)=O. The summed E-state index contributed by atoms with van der Waals surface area (Å²) in [5.41, 5.74) is 0. The molecule has 3 amide bonds. The molecule has 180 valence electrons. The van der Waals surface area contributed by atoms with Crippen LogP contribution in [-0.2, 0) is 28.7 Å². The molecular formula is C21H34N4O7. The number of rotatable bonds is 12. The van der Waals surface area contributed by atoms with Crippen molar-refractivity contribution in [3.05, 3.63) is 0 Å². The van der Waals surface area contributed by atoms with Gasteiger partial charge in [-0.2, -0.15) is 0 Å². The molecule has 0 radical (unpaired) electrons. The van der Waals surface area contributed by atoms with Crippen LogP contribution in [0.1, 0.15) is 53.4 Å². The number of ketones is 1. The Morgan fingerprint density at radius 2 is 1.84 bits per heavy atom. The van der Waals surface area contributed by atoms with E-state index in [0.29, 0.717) is 12.6 Å². The van der Waals surface area contributed by atoms with Crippen LogP contribution in [0.2, 0.25) is 0 Å². The van der Waals surface area contributed by atoms with Gasteiger partial charge in [0, 0.05) is 26.3 Å². The number of Topliss-reactive ketones (excluding diaryl/α,β-unsaturated/α-hetero) is 1. The summed E-state index contributed by atoms with van der Waals surface area (Å²) in [6.07, 6.45) is -0.235. The first-order valence-corrected chi connectivity index (χ1v) is 10.8. The van der Waals surface area contributed by atoms with Crippen molar-refractivity contribution in [2.24, 2.45) is 5.92 Å². The van der Waals surface area contributed by atoms with Gasteiger partial charge in [0.25, 0.3) is 0 Å². The fourth-order valence-electron chi connectivity index (χ4n) is 3.56. The molecule has 32 heavy (non-hydrogen) atoms. The van der Waals surface area contributed by atoms with Gasteiger partial charge in [0.1, 0.15) is 18.1 Å². The van der Waals surface area contributed by atoms with Gasteiger partial charge in [-0.15, -0.1) is 0 Å². The van der Waals surface area contributed by atoms with E-state index in [-0.39, 0.29) is 38.3 Å². The van der Waals surface area contributed by atoms with Crippen LogP contribution >= 0.6 is 0 Å². The molecule has 0 spiro atoms. The van der Waals surface area contributed by atoms with Gasteiger partial charge >= 0.3 is 5.97 Å². The van der Waals surface area contributed by atoms with Gasteiger partial charge < -0.3 is 30.8 Å². The van der Waals surface area contributed by atoms with Crippen molar-refractivity contribution in [2.45, 2.75) is 77.6 Å². The Morgan fingerprint density at radius 3 is 2.38 bits per heavy atom. The lowest BCUT2D eigenvalue weighted by molar-refractivity contribution is -0.154. The highest BCUT2D eigenvalue weighted by Gasteiger charge is 2.42. The molecule has 0 saturated carbocycles. The Bertz CT molecular complexity index is 725. The Morgan fingerprint density at radius 1 is 1.19 bits per heavy atom. The number of amides is 3. The zero-order valence-corrected chi connectivity index (χ0v) is 19.1. The minimum atomic E-state index is -1.18. The molecule has 1 aliphatic heterocycles. The molecule has 1 saturated heterocycles. The maximum absolute atomic E-state index is 13.3. The van der Waals surface area contributed by atoms with E-state index in [9.17, 15) is 29.1 Å². The van der Waals surface area contributed by atoms with E-state index in [2.05, 4.69) is 10.6 Å². The first kappa shape index (κ1) is 27.2. The summed E-state index contributed by atoms with van der Waals surface area (Å²) in [5, 5.41) is 22.2. The van der Waals surface area contributed by atoms with E-state index >= 15 is 0 Å². The molecule has 1 heterocycles. The van der Waals surface area contributed by atoms with E-state index in [4.69, 9.17) is 10.1 Å². The van der Waals surface area contributed by atoms with Crippen molar-refractivity contribution in [2.75, 3.05) is 13.2 Å². The highest BCUT2D eigenvalue weighted by Crippen LogP contribution is 2.21. The monoisotopic (exact) mass is 454 g/mol. The number of β-amino-alcohol motifs (C(OH)–C–C–N with tert-alkyl or cyclic N) is 1. The van der Waals surface area contributed by atoms with Crippen molar-refractivity contribution in [1.29, 1.82) is 5.41 Å². The zero-order valence-electron chi connectivity index (χ0n) is 19.1. The number of aliphatic hydroxyl groups excluding tert-OH is 1. The highest BCUT2D eigenvalue weighted by atomic mass is 16.5. The number of esters is 1. The molecule has 4 N–H and O–H groups in total. The maximum Gasteiger partial charge on any atom is 0.328 e. The number of hydrogen-bond donors (Lipinski definition) is 4. The van der Waals surface area contributed by atoms with Crippen LogP contribution in [0.3, 0.4) is 0 Å². The Hall–Kier alpha value is -2.82. The fraction of sp³-hybridized carbons (Fsp3) is 0.714. The summed E-state index contributed by atoms with van der Waals surface area (Å²) in [5.74, 6) is -2.75. The highest BCUT2D eigenvalue weighted by molar-refractivity contribution is 6.26. The molecule has 0 aromatic rings. The Labute approximate surface area is 187 Å². The predicted molar refractivity (Wildman–Crippen MR) is 115 cm³/mol. The average Bonchev–Trinajstić information content (AvgIpc) is 3.10. The van der Waals surface area contributed by atoms with Crippen LogP contribution in [0.4, 0.5) is 0 Å². The van der Waals surface area contributed by atoms with Gasteiger partial charge in [-0.1, -0.05) is 13.8 Å². The molecule has 11 nitrogen and oxygen atoms in total. The summed E-state index contributed by atoms with van der Waals surface area (Å²) in [7, 11) is 0. The molecule has 1 fully saturated rings. The topological polar surface area (TPSA) is 166 Å². The van der Waals surface area contributed by atoms with Gasteiger partial charge in [0.2, 0.25) is 17.7 Å². The van der Waals surface area contributed by atoms with Gasteiger partial charge in [-0.05, 0) is 25.7 Å². The van der Waals surface area contributed by atoms with Gasteiger partial charge in [0.15, 0.2) is 5.78 Å². The van der Waals surface area contributed by atoms with Gasteiger partial charge in [-0.25, -0.2) is 4.79 Å². The number of hydrogen-bond acceptors (Lipinski definition) is 8. The zero-order chi connectivity index (χ0) is 24.4. The Kier molecular flexibility index (Phi) is 11.0. The lowest BCUT2D eigenvalue weighted by Gasteiger charge is -2.29. The number of nitrogens with one attached hydrogen (secondary N) is 3. The molecule has 2 unspecified atom stereocenters. The minimum absolute atomic E-state index is 0.00648. The first-order valence-electron chi connectivity index (χ1n) is 10.8. The number of nitrogens with zero attached hydrogens (tertiary/aromatic N) is 1. The van der Waals surface area contributed by atoms with Crippen molar-refractivity contribution in [1.82, 2.24) is 15.5 Å². The number of carbonyl (C=O) groups excluding carboxylic acids is 5. The van der Waals surface area contributed by atoms with Crippen molar-refractivity contribution >= 4 is 35.7 Å². The summed E-state index contributed by atoms with van der Waals surface area (Å²) in [6.45, 7) is 6.65. The molecule has 11 heteroatoms. The van der Waals surface area contributed by atoms with Gasteiger partial charge in [-0.3, -0.25) is 19.2 Å². The van der Waals surface area contributed by atoms with Crippen LogP contribution in [0, 0.1) is 11.3 Å². The minimum Gasteiger partial charge on any atom is -0.464 e. The van der Waals surface area contributed by atoms with E-state index in [1.54, 1.807) is 6.92 Å². The average molecular weight is 455 g/mol. The number of aliphatic hydroxyl groups is 1. The van der Waals surface area contributed by atoms with Crippen LogP contribution in [-0.4, -0.2) is 83.1 Å². The lowest BCUT2D eigenvalue weighted by Crippen LogP contribution is -2.56. The molecule has 0 bridgehead atoms. The normalized spacial score (nSPS) is 19.8. The molecule has 4 atom stereocenters. The number of carbonyl (C=O) groups is 5. The molecule has 0 aliphatic carbocycles.